The fraction of sp³-hybridized carbons (Fsp3) is 0.500. The number of benzene rings is 1. The Balaban J connectivity index is 2.65. The quantitative estimate of drug-likeness (QED) is 0.839. The highest BCUT2D eigenvalue weighted by molar-refractivity contribution is 5.92. The largest absolute Gasteiger partial charge is 0.497 e. The maximum Gasteiger partial charge on any atom is 0.223 e. The fourth-order valence-electron chi connectivity index (χ4n) is 1.89. The van der Waals surface area contributed by atoms with E-state index in [1.807, 2.05) is 26.0 Å². The minimum absolute atomic E-state index is 0.0379. The van der Waals surface area contributed by atoms with E-state index in [4.69, 9.17) is 4.74 Å². The van der Waals surface area contributed by atoms with Crippen LogP contribution in [0.2, 0.25) is 0 Å². The molecular formula is C16H24N2O3. The molecule has 21 heavy (non-hydrogen) atoms. The zero-order valence-corrected chi connectivity index (χ0v) is 13.2. The van der Waals surface area contributed by atoms with E-state index in [0.29, 0.717) is 6.54 Å². The Kier molecular flexibility index (Phi) is 6.72. The second-order valence-corrected chi connectivity index (χ2v) is 5.00. The first-order valence-electron chi connectivity index (χ1n) is 7.19. The Bertz CT molecular complexity index is 471. The lowest BCUT2D eigenvalue weighted by Gasteiger charge is -2.21. The number of carbonyl (C=O) groups is 2. The van der Waals surface area contributed by atoms with Gasteiger partial charge in [0.15, 0.2) is 0 Å². The average Bonchev–Trinajstić information content (AvgIpc) is 2.47. The second-order valence-electron chi connectivity index (χ2n) is 5.00. The molecule has 1 N–H and O–H groups in total. The summed E-state index contributed by atoms with van der Waals surface area (Å²) in [5.74, 6) is 0.609. The van der Waals surface area contributed by atoms with Crippen LogP contribution in [0.25, 0.3) is 0 Å². The van der Waals surface area contributed by atoms with Crippen molar-refractivity contribution in [2.24, 2.45) is 0 Å². The van der Waals surface area contributed by atoms with E-state index in [9.17, 15) is 9.59 Å². The monoisotopic (exact) mass is 292 g/mol. The van der Waals surface area contributed by atoms with Gasteiger partial charge in [-0.2, -0.15) is 0 Å². The highest BCUT2D eigenvalue weighted by atomic mass is 16.5. The molecular weight excluding hydrogens is 268 g/mol. The van der Waals surface area contributed by atoms with Crippen molar-refractivity contribution < 1.29 is 14.3 Å². The SMILES string of the molecule is CCC(C)NC(=O)CCN(C(C)=O)c1ccc(OC)cc1. The molecule has 0 aromatic heterocycles. The van der Waals surface area contributed by atoms with Gasteiger partial charge < -0.3 is 15.0 Å². The van der Waals surface area contributed by atoms with Gasteiger partial charge in [0.2, 0.25) is 11.8 Å². The van der Waals surface area contributed by atoms with Crippen molar-refractivity contribution in [2.75, 3.05) is 18.6 Å². The molecule has 0 bridgehead atoms. The first-order valence-corrected chi connectivity index (χ1v) is 7.19. The van der Waals surface area contributed by atoms with E-state index >= 15 is 0 Å². The Morgan fingerprint density at radius 1 is 1.29 bits per heavy atom. The smallest absolute Gasteiger partial charge is 0.223 e. The highest BCUT2D eigenvalue weighted by Crippen LogP contribution is 2.19. The van der Waals surface area contributed by atoms with Crippen LogP contribution >= 0.6 is 0 Å². The van der Waals surface area contributed by atoms with Crippen LogP contribution in [0.1, 0.15) is 33.6 Å². The molecule has 1 unspecified atom stereocenters. The molecule has 0 saturated carbocycles. The Hall–Kier alpha value is -2.04. The summed E-state index contributed by atoms with van der Waals surface area (Å²) < 4.78 is 5.10. The van der Waals surface area contributed by atoms with Crippen LogP contribution in [0.5, 0.6) is 5.75 Å². The van der Waals surface area contributed by atoms with Crippen LogP contribution in [0, 0.1) is 0 Å². The van der Waals surface area contributed by atoms with Crippen molar-refractivity contribution >= 4 is 17.5 Å². The zero-order chi connectivity index (χ0) is 15.8. The van der Waals surface area contributed by atoms with Crippen LogP contribution in [0.3, 0.4) is 0 Å². The summed E-state index contributed by atoms with van der Waals surface area (Å²) in [5.41, 5.74) is 0.764. The van der Waals surface area contributed by atoms with Gasteiger partial charge in [-0.25, -0.2) is 0 Å². The number of anilines is 1. The van der Waals surface area contributed by atoms with Gasteiger partial charge in [0, 0.05) is 31.6 Å². The number of carbonyl (C=O) groups excluding carboxylic acids is 2. The van der Waals surface area contributed by atoms with Crippen molar-refractivity contribution in [2.45, 2.75) is 39.7 Å². The normalized spacial score (nSPS) is 11.6. The first kappa shape index (κ1) is 17.0. The number of amides is 2. The standard InChI is InChI=1S/C16H24N2O3/c1-5-12(2)17-16(20)10-11-18(13(3)19)14-6-8-15(21-4)9-7-14/h6-9,12H,5,10-11H2,1-4H3,(H,17,20). The van der Waals surface area contributed by atoms with Crippen LogP contribution in [-0.2, 0) is 9.59 Å². The topological polar surface area (TPSA) is 58.6 Å². The molecule has 5 nitrogen and oxygen atoms in total. The number of nitrogens with zero attached hydrogens (tertiary/aromatic N) is 1. The molecule has 116 valence electrons. The van der Waals surface area contributed by atoms with Crippen LogP contribution in [0.15, 0.2) is 24.3 Å². The van der Waals surface area contributed by atoms with Gasteiger partial charge in [0.1, 0.15) is 5.75 Å². The van der Waals surface area contributed by atoms with Gasteiger partial charge in [-0.1, -0.05) is 6.92 Å². The zero-order valence-electron chi connectivity index (χ0n) is 13.2. The van der Waals surface area contributed by atoms with Crippen molar-refractivity contribution in [3.8, 4) is 5.75 Å². The third-order valence-electron chi connectivity index (χ3n) is 3.35. The van der Waals surface area contributed by atoms with Crippen molar-refractivity contribution in [1.29, 1.82) is 0 Å². The van der Waals surface area contributed by atoms with E-state index in [0.717, 1.165) is 17.9 Å². The Morgan fingerprint density at radius 3 is 2.38 bits per heavy atom. The molecule has 0 spiro atoms. The Labute approximate surface area is 126 Å². The number of hydrogen-bond donors (Lipinski definition) is 1. The third-order valence-corrected chi connectivity index (χ3v) is 3.35. The third kappa shape index (κ3) is 5.45. The predicted molar refractivity (Wildman–Crippen MR) is 83.5 cm³/mol. The number of methoxy groups -OCH3 is 1. The number of rotatable bonds is 7. The molecule has 0 aliphatic carbocycles. The minimum Gasteiger partial charge on any atom is -0.497 e. The van der Waals surface area contributed by atoms with Gasteiger partial charge >= 0.3 is 0 Å². The van der Waals surface area contributed by atoms with E-state index in [1.165, 1.54) is 6.92 Å². The maximum absolute atomic E-state index is 11.8. The summed E-state index contributed by atoms with van der Waals surface area (Å²) in [7, 11) is 1.59. The molecule has 1 aromatic rings. The molecule has 0 heterocycles. The van der Waals surface area contributed by atoms with Crippen molar-refractivity contribution in [3.05, 3.63) is 24.3 Å². The summed E-state index contributed by atoms with van der Waals surface area (Å²) >= 11 is 0. The predicted octanol–water partition coefficient (Wildman–Crippen LogP) is 2.35. The molecule has 0 aliphatic rings. The molecule has 0 aliphatic heterocycles. The lowest BCUT2D eigenvalue weighted by molar-refractivity contribution is -0.121. The van der Waals surface area contributed by atoms with Gasteiger partial charge in [0.05, 0.1) is 7.11 Å². The van der Waals surface area contributed by atoms with E-state index in [2.05, 4.69) is 5.32 Å². The lowest BCUT2D eigenvalue weighted by Crippen LogP contribution is -2.36. The molecule has 0 saturated heterocycles. The summed E-state index contributed by atoms with van der Waals surface area (Å²) in [4.78, 5) is 25.1. The summed E-state index contributed by atoms with van der Waals surface area (Å²) in [6, 6.07) is 7.37. The summed E-state index contributed by atoms with van der Waals surface area (Å²) in [6.45, 7) is 5.84. The summed E-state index contributed by atoms with van der Waals surface area (Å²) in [5, 5.41) is 2.90. The minimum atomic E-state index is -0.0866. The van der Waals surface area contributed by atoms with Crippen molar-refractivity contribution in [1.82, 2.24) is 5.32 Å². The molecule has 1 rings (SSSR count). The fourth-order valence-corrected chi connectivity index (χ4v) is 1.89. The summed E-state index contributed by atoms with van der Waals surface area (Å²) in [6.07, 6.45) is 1.18. The second kappa shape index (κ2) is 8.29. The number of hydrogen-bond acceptors (Lipinski definition) is 3. The Morgan fingerprint density at radius 2 is 1.90 bits per heavy atom. The number of nitrogens with one attached hydrogen (secondary N) is 1. The molecule has 0 fully saturated rings. The number of ether oxygens (including phenoxy) is 1. The van der Waals surface area contributed by atoms with E-state index in [1.54, 1.807) is 24.1 Å². The van der Waals surface area contributed by atoms with E-state index in [-0.39, 0.29) is 24.3 Å². The molecule has 0 radical (unpaired) electrons. The first-order chi connectivity index (χ1) is 9.97. The van der Waals surface area contributed by atoms with Crippen molar-refractivity contribution in [3.63, 3.8) is 0 Å². The molecule has 2 amide bonds. The molecule has 5 heteroatoms. The molecule has 1 aromatic carbocycles. The van der Waals surface area contributed by atoms with Gasteiger partial charge in [0.25, 0.3) is 0 Å². The van der Waals surface area contributed by atoms with Crippen LogP contribution < -0.4 is 15.0 Å². The highest BCUT2D eigenvalue weighted by Gasteiger charge is 2.14. The lowest BCUT2D eigenvalue weighted by atomic mass is 10.2. The maximum atomic E-state index is 11.8. The van der Waals surface area contributed by atoms with Gasteiger partial charge in [-0.3, -0.25) is 9.59 Å². The van der Waals surface area contributed by atoms with Crippen LogP contribution in [-0.4, -0.2) is 31.5 Å². The van der Waals surface area contributed by atoms with Gasteiger partial charge in [-0.05, 0) is 37.6 Å². The molecule has 1 atom stereocenters. The van der Waals surface area contributed by atoms with E-state index < -0.39 is 0 Å². The van der Waals surface area contributed by atoms with Gasteiger partial charge in [-0.15, -0.1) is 0 Å². The average molecular weight is 292 g/mol. The van der Waals surface area contributed by atoms with Crippen LogP contribution in [0.4, 0.5) is 5.69 Å².